The summed E-state index contributed by atoms with van der Waals surface area (Å²) in [4.78, 5) is 0.739. The second-order valence-electron chi connectivity index (χ2n) is 4.92. The number of rotatable bonds is 3. The molecule has 3 rings (SSSR count). The van der Waals surface area contributed by atoms with Crippen molar-refractivity contribution >= 4 is 17.6 Å². The van der Waals surface area contributed by atoms with Crippen LogP contribution in [0.1, 0.15) is 11.3 Å². The summed E-state index contributed by atoms with van der Waals surface area (Å²) in [6, 6.07) is 14.3. The number of benzene rings is 2. The lowest BCUT2D eigenvalue weighted by molar-refractivity contribution is 0.450. The van der Waals surface area contributed by atoms with E-state index in [0.717, 1.165) is 16.2 Å². The third kappa shape index (κ3) is 3.32. The molecule has 1 heterocycles. The van der Waals surface area contributed by atoms with Crippen molar-refractivity contribution in [3.8, 4) is 17.2 Å². The van der Waals surface area contributed by atoms with Gasteiger partial charge in [-0.2, -0.15) is 5.10 Å². The Labute approximate surface area is 137 Å². The molecule has 0 unspecified atom stereocenters. The highest BCUT2D eigenvalue weighted by atomic mass is 32.1. The highest BCUT2D eigenvalue weighted by molar-refractivity contribution is 7.07. The molecule has 0 atom stereocenters. The molecule has 23 heavy (non-hydrogen) atoms. The molecule has 0 aliphatic rings. The van der Waals surface area contributed by atoms with E-state index in [0.29, 0.717) is 5.56 Å². The molecule has 0 spiro atoms. The van der Waals surface area contributed by atoms with Crippen LogP contribution in [0.15, 0.2) is 64.1 Å². The van der Waals surface area contributed by atoms with Gasteiger partial charge in [-0.25, -0.2) is 0 Å². The number of hydrogen-bond donors (Lipinski definition) is 2. The number of phenols is 2. The fraction of sp³-hybridized carbons (Fsp3) is 0.0588. The lowest BCUT2D eigenvalue weighted by Crippen LogP contribution is -2.13. The van der Waals surface area contributed by atoms with Gasteiger partial charge in [0.15, 0.2) is 0 Å². The zero-order chi connectivity index (χ0) is 16.2. The second kappa shape index (κ2) is 6.50. The second-order valence-corrected chi connectivity index (χ2v) is 5.75. The van der Waals surface area contributed by atoms with Crippen LogP contribution in [0, 0.1) is 6.92 Å². The fourth-order valence-electron chi connectivity index (χ4n) is 2.14. The number of nitrogens with zero attached hydrogens (tertiary/aromatic N) is 3. The van der Waals surface area contributed by atoms with Crippen molar-refractivity contribution in [3.05, 3.63) is 70.0 Å². The lowest BCUT2D eigenvalue weighted by atomic mass is 10.2. The van der Waals surface area contributed by atoms with Gasteiger partial charge >= 0.3 is 0 Å². The molecular weight excluding hydrogens is 310 g/mol. The van der Waals surface area contributed by atoms with Crippen molar-refractivity contribution in [1.82, 2.24) is 4.57 Å². The van der Waals surface area contributed by atoms with E-state index in [1.165, 1.54) is 29.7 Å². The van der Waals surface area contributed by atoms with Crippen LogP contribution in [-0.4, -0.2) is 21.0 Å². The van der Waals surface area contributed by atoms with Gasteiger partial charge in [0.1, 0.15) is 11.5 Å². The van der Waals surface area contributed by atoms with E-state index < -0.39 is 0 Å². The molecule has 0 bridgehead atoms. The Morgan fingerprint density at radius 2 is 1.87 bits per heavy atom. The quantitative estimate of drug-likeness (QED) is 0.573. The number of hydrogen-bond acceptors (Lipinski definition) is 5. The minimum absolute atomic E-state index is 0.00684. The van der Waals surface area contributed by atoms with Crippen molar-refractivity contribution < 1.29 is 10.2 Å². The Kier molecular flexibility index (Phi) is 4.25. The highest BCUT2D eigenvalue weighted by Crippen LogP contribution is 2.20. The number of phenolic OH excluding ortho intramolecular Hbond substituents is 2. The van der Waals surface area contributed by atoms with Crippen molar-refractivity contribution in [2.45, 2.75) is 6.92 Å². The van der Waals surface area contributed by atoms with Crippen LogP contribution in [0.2, 0.25) is 0 Å². The first-order chi connectivity index (χ1) is 11.1. The van der Waals surface area contributed by atoms with Gasteiger partial charge in [-0.05, 0) is 31.2 Å². The molecule has 6 heteroatoms. The molecule has 0 amide bonds. The van der Waals surface area contributed by atoms with E-state index in [1.807, 2.05) is 47.2 Å². The maximum absolute atomic E-state index is 9.73. The van der Waals surface area contributed by atoms with Gasteiger partial charge in [-0.15, -0.1) is 16.4 Å². The number of aromatic hydroxyl groups is 2. The molecule has 0 fully saturated rings. The van der Waals surface area contributed by atoms with Gasteiger partial charge in [0.25, 0.3) is 0 Å². The summed E-state index contributed by atoms with van der Waals surface area (Å²) in [5.74, 6) is -0.0327. The molecule has 0 saturated carbocycles. The van der Waals surface area contributed by atoms with Gasteiger partial charge in [-0.1, -0.05) is 18.2 Å². The predicted octanol–water partition coefficient (Wildman–Crippen LogP) is 3.19. The standard InChI is InChI=1S/C17H15N3O2S/c1-12-11-23-17(20(12)14-5-3-2-4-6-14)19-18-10-13-7-8-15(21)9-16(13)22/h2-11,21-22H,1H3/b18-10+,19-17?. The first kappa shape index (κ1) is 15.1. The summed E-state index contributed by atoms with van der Waals surface area (Å²) >= 11 is 1.49. The smallest absolute Gasteiger partial charge is 0.215 e. The summed E-state index contributed by atoms with van der Waals surface area (Å²) in [7, 11) is 0. The van der Waals surface area contributed by atoms with Crippen molar-refractivity contribution in [3.63, 3.8) is 0 Å². The predicted molar refractivity (Wildman–Crippen MR) is 91.3 cm³/mol. The summed E-state index contributed by atoms with van der Waals surface area (Å²) in [6.07, 6.45) is 1.46. The molecule has 2 aromatic carbocycles. The minimum Gasteiger partial charge on any atom is -0.508 e. The van der Waals surface area contributed by atoms with Gasteiger partial charge in [0.2, 0.25) is 4.80 Å². The average molecular weight is 325 g/mol. The van der Waals surface area contributed by atoms with Crippen LogP contribution >= 0.6 is 11.3 Å². The van der Waals surface area contributed by atoms with Crippen LogP contribution in [0.25, 0.3) is 5.69 Å². The van der Waals surface area contributed by atoms with Gasteiger partial charge < -0.3 is 10.2 Å². The maximum Gasteiger partial charge on any atom is 0.215 e. The van der Waals surface area contributed by atoms with E-state index in [9.17, 15) is 10.2 Å². The summed E-state index contributed by atoms with van der Waals surface area (Å²) in [5, 5.41) is 29.3. The van der Waals surface area contributed by atoms with E-state index in [1.54, 1.807) is 6.07 Å². The molecule has 0 aliphatic heterocycles. The third-order valence-electron chi connectivity index (χ3n) is 3.25. The number of aryl methyl sites for hydroxylation is 1. The van der Waals surface area contributed by atoms with E-state index in [-0.39, 0.29) is 11.5 Å². The minimum atomic E-state index is -0.0396. The van der Waals surface area contributed by atoms with E-state index in [4.69, 9.17) is 0 Å². The molecule has 1 aromatic heterocycles. The molecule has 5 nitrogen and oxygen atoms in total. The molecule has 0 aliphatic carbocycles. The van der Waals surface area contributed by atoms with Crippen LogP contribution in [0.3, 0.4) is 0 Å². The van der Waals surface area contributed by atoms with Crippen molar-refractivity contribution in [2.24, 2.45) is 10.2 Å². The molecule has 3 aromatic rings. The monoisotopic (exact) mass is 325 g/mol. The number of aromatic nitrogens is 1. The first-order valence-corrected chi connectivity index (χ1v) is 7.85. The molecular formula is C17H15N3O2S. The Morgan fingerprint density at radius 3 is 2.61 bits per heavy atom. The Balaban J connectivity index is 1.97. The van der Waals surface area contributed by atoms with E-state index in [2.05, 4.69) is 10.2 Å². The summed E-state index contributed by atoms with van der Waals surface area (Å²) in [6.45, 7) is 2.01. The van der Waals surface area contributed by atoms with Crippen LogP contribution in [0.5, 0.6) is 11.5 Å². The molecule has 0 saturated heterocycles. The third-order valence-corrected chi connectivity index (χ3v) is 4.18. The largest absolute Gasteiger partial charge is 0.508 e. The zero-order valence-electron chi connectivity index (χ0n) is 12.4. The zero-order valence-corrected chi connectivity index (χ0v) is 13.2. The van der Waals surface area contributed by atoms with Crippen LogP contribution in [-0.2, 0) is 0 Å². The SMILES string of the molecule is Cc1csc(=N/N=C/c2ccc(O)cc2O)n1-c1ccccc1. The maximum atomic E-state index is 9.73. The van der Waals surface area contributed by atoms with Gasteiger partial charge in [0, 0.05) is 28.4 Å². The topological polar surface area (TPSA) is 70.1 Å². The fourth-order valence-corrected chi connectivity index (χ4v) is 2.97. The van der Waals surface area contributed by atoms with Gasteiger partial charge in [0.05, 0.1) is 6.21 Å². The first-order valence-electron chi connectivity index (χ1n) is 6.97. The number of thiazole rings is 1. The highest BCUT2D eigenvalue weighted by Gasteiger charge is 2.03. The lowest BCUT2D eigenvalue weighted by Gasteiger charge is -2.04. The summed E-state index contributed by atoms with van der Waals surface area (Å²) < 4.78 is 2.01. The Hall–Kier alpha value is -2.86. The van der Waals surface area contributed by atoms with Crippen molar-refractivity contribution in [1.29, 1.82) is 0 Å². The molecule has 2 N–H and O–H groups in total. The molecule has 116 valence electrons. The summed E-state index contributed by atoms with van der Waals surface area (Å²) in [5.41, 5.74) is 2.58. The normalized spacial score (nSPS) is 12.1. The number of para-hydroxylation sites is 1. The average Bonchev–Trinajstić information content (AvgIpc) is 2.91. The van der Waals surface area contributed by atoms with Crippen LogP contribution in [0.4, 0.5) is 0 Å². The van der Waals surface area contributed by atoms with Crippen molar-refractivity contribution in [2.75, 3.05) is 0 Å². The Bertz CT molecular complexity index is 911. The molecule has 0 radical (unpaired) electrons. The van der Waals surface area contributed by atoms with E-state index >= 15 is 0 Å². The van der Waals surface area contributed by atoms with Gasteiger partial charge in [-0.3, -0.25) is 4.57 Å². The van der Waals surface area contributed by atoms with Crippen LogP contribution < -0.4 is 4.80 Å². The Morgan fingerprint density at radius 1 is 1.09 bits per heavy atom.